The van der Waals surface area contributed by atoms with Crippen LogP contribution in [0.4, 0.5) is 0 Å². The molecule has 1 fully saturated rings. The Morgan fingerprint density at radius 3 is 2.67 bits per heavy atom. The van der Waals surface area contributed by atoms with Crippen molar-refractivity contribution < 1.29 is 0 Å². The van der Waals surface area contributed by atoms with Gasteiger partial charge in [-0.2, -0.15) is 0 Å². The van der Waals surface area contributed by atoms with E-state index in [1.807, 2.05) is 13.0 Å². The summed E-state index contributed by atoms with van der Waals surface area (Å²) in [6, 6.07) is 3.63. The molecule has 1 heterocycles. The van der Waals surface area contributed by atoms with Gasteiger partial charge < -0.3 is 5.41 Å². The molecule has 2 nitrogen and oxygen atoms in total. The van der Waals surface area contributed by atoms with Gasteiger partial charge in [-0.05, 0) is 31.9 Å². The molecule has 0 radical (unpaired) electrons. The predicted octanol–water partition coefficient (Wildman–Crippen LogP) is 3.60. The summed E-state index contributed by atoms with van der Waals surface area (Å²) in [6.07, 6.45) is 4.75. The molecule has 0 saturated heterocycles. The topological polar surface area (TPSA) is 36.7 Å². The summed E-state index contributed by atoms with van der Waals surface area (Å²) in [4.78, 5) is 4.37. The van der Waals surface area contributed by atoms with Gasteiger partial charge in [-0.1, -0.05) is 24.4 Å². The maximum Gasteiger partial charge on any atom is 0.0858 e. The maximum absolute atomic E-state index is 8.10. The Balaban J connectivity index is 2.24. The fourth-order valence-corrected chi connectivity index (χ4v) is 2.45. The maximum atomic E-state index is 8.10. The molecule has 80 valence electrons. The molecule has 0 bridgehead atoms. The third kappa shape index (κ3) is 2.37. The van der Waals surface area contributed by atoms with Crippen LogP contribution in [-0.4, -0.2) is 10.7 Å². The zero-order valence-electron chi connectivity index (χ0n) is 8.89. The highest BCUT2D eigenvalue weighted by molar-refractivity contribution is 6.31. The molecule has 0 aliphatic heterocycles. The summed E-state index contributed by atoms with van der Waals surface area (Å²) < 4.78 is 0. The van der Waals surface area contributed by atoms with Gasteiger partial charge in [0.15, 0.2) is 0 Å². The number of aromatic nitrogens is 1. The number of hydrogen-bond acceptors (Lipinski definition) is 2. The number of nitrogens with zero attached hydrogens (tertiary/aromatic N) is 1. The lowest BCUT2D eigenvalue weighted by Crippen LogP contribution is -2.13. The number of pyridine rings is 1. The Kier molecular flexibility index (Phi) is 3.06. The predicted molar refractivity (Wildman–Crippen MR) is 62.8 cm³/mol. The molecule has 0 aromatic carbocycles. The van der Waals surface area contributed by atoms with Gasteiger partial charge in [0.1, 0.15) is 0 Å². The average Bonchev–Trinajstić information content (AvgIpc) is 2.67. The van der Waals surface area contributed by atoms with Crippen molar-refractivity contribution in [3.05, 3.63) is 28.5 Å². The average molecular weight is 223 g/mol. The van der Waals surface area contributed by atoms with E-state index in [-0.39, 0.29) is 0 Å². The smallest absolute Gasteiger partial charge is 0.0858 e. The van der Waals surface area contributed by atoms with Crippen LogP contribution in [0.15, 0.2) is 12.1 Å². The minimum atomic E-state index is 0.398. The second-order valence-electron chi connectivity index (χ2n) is 4.21. The highest BCUT2D eigenvalue weighted by atomic mass is 35.5. The third-order valence-electron chi connectivity index (χ3n) is 2.96. The van der Waals surface area contributed by atoms with Crippen LogP contribution >= 0.6 is 11.6 Å². The van der Waals surface area contributed by atoms with Crippen molar-refractivity contribution in [2.24, 2.45) is 5.92 Å². The van der Waals surface area contributed by atoms with E-state index in [2.05, 4.69) is 4.98 Å². The first-order valence-corrected chi connectivity index (χ1v) is 5.77. The van der Waals surface area contributed by atoms with Crippen LogP contribution in [0.5, 0.6) is 0 Å². The van der Waals surface area contributed by atoms with E-state index in [1.54, 1.807) is 6.07 Å². The van der Waals surface area contributed by atoms with E-state index >= 15 is 0 Å². The van der Waals surface area contributed by atoms with E-state index in [0.29, 0.717) is 16.7 Å². The fourth-order valence-electron chi connectivity index (χ4n) is 2.19. The van der Waals surface area contributed by atoms with Crippen LogP contribution in [0, 0.1) is 18.3 Å². The van der Waals surface area contributed by atoms with Gasteiger partial charge in [-0.15, -0.1) is 0 Å². The Hall–Kier alpha value is -0.890. The fraction of sp³-hybridized carbons (Fsp3) is 0.500. The molecule has 15 heavy (non-hydrogen) atoms. The van der Waals surface area contributed by atoms with Crippen LogP contribution in [0.3, 0.4) is 0 Å². The molecule has 1 aliphatic rings. The Bertz CT molecular complexity index is 361. The zero-order chi connectivity index (χ0) is 10.8. The second-order valence-corrected chi connectivity index (χ2v) is 4.64. The standard InChI is InChI=1S/C12H15ClN2/c1-8-6-10(13)7-11(15-8)12(14)9-4-2-3-5-9/h6-7,9,14H,2-5H2,1H3. The molecule has 1 saturated carbocycles. The summed E-state index contributed by atoms with van der Waals surface area (Å²) in [5, 5.41) is 8.78. The van der Waals surface area contributed by atoms with Crippen molar-refractivity contribution in [2.45, 2.75) is 32.6 Å². The van der Waals surface area contributed by atoms with Gasteiger partial charge in [-0.3, -0.25) is 4.98 Å². The quantitative estimate of drug-likeness (QED) is 0.763. The van der Waals surface area contributed by atoms with Crippen LogP contribution in [0.2, 0.25) is 5.02 Å². The summed E-state index contributed by atoms with van der Waals surface area (Å²) in [7, 11) is 0. The van der Waals surface area contributed by atoms with Crippen molar-refractivity contribution in [3.8, 4) is 0 Å². The molecule has 0 amide bonds. The largest absolute Gasteiger partial charge is 0.303 e. The summed E-state index contributed by atoms with van der Waals surface area (Å²) in [5.74, 6) is 0.398. The third-order valence-corrected chi connectivity index (χ3v) is 3.18. The Morgan fingerprint density at radius 1 is 1.40 bits per heavy atom. The molecule has 3 heteroatoms. The lowest BCUT2D eigenvalue weighted by Gasteiger charge is -2.11. The minimum absolute atomic E-state index is 0.398. The highest BCUT2D eigenvalue weighted by Gasteiger charge is 2.21. The molecular weight excluding hydrogens is 208 g/mol. The number of hydrogen-bond donors (Lipinski definition) is 1. The molecule has 1 aromatic rings. The van der Waals surface area contributed by atoms with Crippen LogP contribution in [0.25, 0.3) is 0 Å². The summed E-state index contributed by atoms with van der Waals surface area (Å²) >= 11 is 5.96. The lowest BCUT2D eigenvalue weighted by atomic mass is 9.99. The zero-order valence-corrected chi connectivity index (χ0v) is 9.64. The first-order valence-electron chi connectivity index (χ1n) is 5.40. The number of aryl methyl sites for hydroxylation is 1. The molecular formula is C12H15ClN2. The highest BCUT2D eigenvalue weighted by Crippen LogP contribution is 2.28. The normalized spacial score (nSPS) is 16.9. The van der Waals surface area contributed by atoms with Gasteiger partial charge in [-0.25, -0.2) is 0 Å². The molecule has 1 N–H and O–H groups in total. The molecule has 0 atom stereocenters. The van der Waals surface area contributed by atoms with Gasteiger partial charge in [0.2, 0.25) is 0 Å². The van der Waals surface area contributed by atoms with Gasteiger partial charge in [0, 0.05) is 16.6 Å². The van der Waals surface area contributed by atoms with Crippen molar-refractivity contribution in [3.63, 3.8) is 0 Å². The van der Waals surface area contributed by atoms with Gasteiger partial charge in [0.05, 0.1) is 11.4 Å². The first-order chi connectivity index (χ1) is 7.16. The van der Waals surface area contributed by atoms with Crippen LogP contribution < -0.4 is 0 Å². The minimum Gasteiger partial charge on any atom is -0.303 e. The Labute approximate surface area is 95.2 Å². The van der Waals surface area contributed by atoms with E-state index in [0.717, 1.165) is 24.2 Å². The van der Waals surface area contributed by atoms with Crippen LogP contribution in [-0.2, 0) is 0 Å². The van der Waals surface area contributed by atoms with E-state index in [1.165, 1.54) is 12.8 Å². The van der Waals surface area contributed by atoms with E-state index in [9.17, 15) is 0 Å². The van der Waals surface area contributed by atoms with Crippen molar-refractivity contribution >= 4 is 17.3 Å². The number of rotatable bonds is 2. The molecule has 0 spiro atoms. The van der Waals surface area contributed by atoms with Crippen molar-refractivity contribution in [1.29, 1.82) is 5.41 Å². The first kappa shape index (κ1) is 10.6. The molecule has 1 aliphatic carbocycles. The Morgan fingerprint density at radius 2 is 2.07 bits per heavy atom. The molecule has 2 rings (SSSR count). The molecule has 0 unspecified atom stereocenters. The number of halogens is 1. The van der Waals surface area contributed by atoms with Gasteiger partial charge in [0.25, 0.3) is 0 Å². The SMILES string of the molecule is Cc1cc(Cl)cc(C(=N)C2CCCC2)n1. The van der Waals surface area contributed by atoms with Gasteiger partial charge >= 0.3 is 0 Å². The van der Waals surface area contributed by atoms with E-state index < -0.39 is 0 Å². The lowest BCUT2D eigenvalue weighted by molar-refractivity contribution is 0.722. The van der Waals surface area contributed by atoms with Crippen molar-refractivity contribution in [1.82, 2.24) is 4.98 Å². The van der Waals surface area contributed by atoms with Crippen LogP contribution in [0.1, 0.15) is 37.1 Å². The monoisotopic (exact) mass is 222 g/mol. The molecule has 1 aromatic heterocycles. The number of nitrogens with one attached hydrogen (secondary N) is 1. The summed E-state index contributed by atoms with van der Waals surface area (Å²) in [5.41, 5.74) is 2.31. The second kappa shape index (κ2) is 4.31. The van der Waals surface area contributed by atoms with E-state index in [4.69, 9.17) is 17.0 Å². The van der Waals surface area contributed by atoms with Crippen molar-refractivity contribution in [2.75, 3.05) is 0 Å². The summed E-state index contributed by atoms with van der Waals surface area (Å²) in [6.45, 7) is 1.91.